The Kier molecular flexibility index (Phi) is 3.85. The van der Waals surface area contributed by atoms with Gasteiger partial charge in [-0.3, -0.25) is 14.5 Å². The van der Waals surface area contributed by atoms with Gasteiger partial charge >= 0.3 is 0 Å². The van der Waals surface area contributed by atoms with E-state index in [9.17, 15) is 9.59 Å². The van der Waals surface area contributed by atoms with Crippen molar-refractivity contribution in [3.05, 3.63) is 0 Å². The zero-order chi connectivity index (χ0) is 14.2. The number of imide groups is 1. The monoisotopic (exact) mass is 278 g/mol. The van der Waals surface area contributed by atoms with E-state index in [1.165, 1.54) is 19.3 Å². The Hall–Kier alpha value is -0.900. The highest BCUT2D eigenvalue weighted by atomic mass is 16.2. The van der Waals surface area contributed by atoms with Gasteiger partial charge in [0.25, 0.3) is 0 Å². The quantitative estimate of drug-likeness (QED) is 0.637. The first kappa shape index (κ1) is 14.1. The van der Waals surface area contributed by atoms with Crippen LogP contribution < -0.4 is 5.32 Å². The van der Waals surface area contributed by atoms with Crippen LogP contribution in [0, 0.1) is 0 Å². The molecule has 0 radical (unpaired) electrons. The maximum absolute atomic E-state index is 12.6. The molecule has 0 bridgehead atoms. The molecule has 1 saturated heterocycles. The summed E-state index contributed by atoms with van der Waals surface area (Å²) in [6.45, 7) is 2.17. The minimum absolute atomic E-state index is 0.0371. The summed E-state index contributed by atoms with van der Waals surface area (Å²) in [5.41, 5.74) is 0.0834. The van der Waals surface area contributed by atoms with Crippen LogP contribution in [0.5, 0.6) is 0 Å². The Labute approximate surface area is 121 Å². The van der Waals surface area contributed by atoms with Crippen molar-refractivity contribution in [2.45, 2.75) is 88.8 Å². The van der Waals surface area contributed by atoms with Crippen molar-refractivity contribution in [2.75, 3.05) is 0 Å². The van der Waals surface area contributed by atoms with E-state index in [4.69, 9.17) is 0 Å². The zero-order valence-electron chi connectivity index (χ0n) is 12.5. The Bertz CT molecular complexity index is 395. The first-order valence-electron chi connectivity index (χ1n) is 8.23. The molecular formula is C16H26N2O2. The number of hydrogen-bond donors (Lipinski definition) is 1. The number of likely N-dealkylation sites (tertiary alicyclic amines) is 1. The highest BCUT2D eigenvalue weighted by Crippen LogP contribution is 2.33. The maximum Gasteiger partial charge on any atom is 0.247 e. The summed E-state index contributed by atoms with van der Waals surface area (Å²) in [6, 6.07) is -0.102. The van der Waals surface area contributed by atoms with Crippen LogP contribution in [-0.4, -0.2) is 34.3 Å². The number of amides is 2. The molecular weight excluding hydrogens is 252 g/mol. The van der Waals surface area contributed by atoms with Crippen LogP contribution in [0.15, 0.2) is 0 Å². The number of rotatable bonds is 3. The van der Waals surface area contributed by atoms with Gasteiger partial charge in [-0.15, -0.1) is 0 Å². The summed E-state index contributed by atoms with van der Waals surface area (Å²) in [6.07, 6.45) is 10.6. The summed E-state index contributed by atoms with van der Waals surface area (Å²) in [7, 11) is 0. The molecule has 3 rings (SSSR count). The van der Waals surface area contributed by atoms with Gasteiger partial charge in [0.2, 0.25) is 11.8 Å². The molecule has 2 amide bonds. The van der Waals surface area contributed by atoms with E-state index < -0.39 is 0 Å². The molecule has 1 heterocycles. The molecule has 112 valence electrons. The molecule has 4 nitrogen and oxygen atoms in total. The summed E-state index contributed by atoms with van der Waals surface area (Å²) < 4.78 is 0. The molecule has 0 aromatic heterocycles. The van der Waals surface area contributed by atoms with E-state index in [2.05, 4.69) is 12.2 Å². The molecule has 0 aromatic rings. The van der Waals surface area contributed by atoms with E-state index in [1.54, 1.807) is 4.90 Å². The molecule has 3 fully saturated rings. The second-order valence-electron chi connectivity index (χ2n) is 7.06. The fourth-order valence-corrected chi connectivity index (χ4v) is 3.94. The minimum Gasteiger partial charge on any atom is -0.300 e. The topological polar surface area (TPSA) is 49.4 Å². The summed E-state index contributed by atoms with van der Waals surface area (Å²) in [5.74, 6) is 0.0809. The van der Waals surface area contributed by atoms with Crippen molar-refractivity contribution >= 4 is 11.8 Å². The van der Waals surface area contributed by atoms with Crippen molar-refractivity contribution in [1.29, 1.82) is 0 Å². The molecule has 3 aliphatic rings. The molecule has 1 N–H and O–H groups in total. The third kappa shape index (κ3) is 2.62. The van der Waals surface area contributed by atoms with Crippen LogP contribution in [0.2, 0.25) is 0 Å². The lowest BCUT2D eigenvalue weighted by Crippen LogP contribution is -2.55. The van der Waals surface area contributed by atoms with Crippen molar-refractivity contribution in [1.82, 2.24) is 10.2 Å². The van der Waals surface area contributed by atoms with Crippen molar-refractivity contribution in [3.8, 4) is 0 Å². The van der Waals surface area contributed by atoms with Gasteiger partial charge in [0, 0.05) is 11.6 Å². The molecule has 1 aliphatic heterocycles. The van der Waals surface area contributed by atoms with E-state index in [1.807, 2.05) is 0 Å². The highest BCUT2D eigenvalue weighted by molar-refractivity contribution is 6.05. The molecule has 0 spiro atoms. The third-order valence-electron chi connectivity index (χ3n) is 5.35. The Morgan fingerprint density at radius 2 is 1.70 bits per heavy atom. The van der Waals surface area contributed by atoms with Gasteiger partial charge in [-0.25, -0.2) is 0 Å². The maximum atomic E-state index is 12.6. The molecule has 0 aromatic carbocycles. The smallest absolute Gasteiger partial charge is 0.247 e. The number of nitrogens with zero attached hydrogens (tertiary/aromatic N) is 1. The molecule has 20 heavy (non-hydrogen) atoms. The summed E-state index contributed by atoms with van der Waals surface area (Å²) in [4.78, 5) is 26.5. The number of nitrogens with one attached hydrogen (secondary N) is 1. The first-order chi connectivity index (χ1) is 9.59. The Morgan fingerprint density at radius 1 is 1.05 bits per heavy atom. The van der Waals surface area contributed by atoms with Gasteiger partial charge in [-0.05, 0) is 39.0 Å². The minimum atomic E-state index is -0.268. The normalized spacial score (nSPS) is 31.2. The number of carbonyl (C=O) groups excluding carboxylic acids is 2. The van der Waals surface area contributed by atoms with Gasteiger partial charge in [0.1, 0.15) is 0 Å². The van der Waals surface area contributed by atoms with E-state index in [0.29, 0.717) is 6.42 Å². The highest BCUT2D eigenvalue weighted by Gasteiger charge is 2.45. The van der Waals surface area contributed by atoms with Crippen LogP contribution in [0.4, 0.5) is 0 Å². The summed E-state index contributed by atoms with van der Waals surface area (Å²) >= 11 is 0. The fraction of sp³-hybridized carbons (Fsp3) is 0.875. The number of carbonyl (C=O) groups is 2. The molecule has 1 unspecified atom stereocenters. The number of hydrogen-bond acceptors (Lipinski definition) is 3. The second kappa shape index (κ2) is 5.47. The molecule has 2 saturated carbocycles. The lowest BCUT2D eigenvalue weighted by atomic mass is 9.78. The van der Waals surface area contributed by atoms with Gasteiger partial charge < -0.3 is 5.32 Å². The van der Waals surface area contributed by atoms with E-state index in [0.717, 1.165) is 38.5 Å². The van der Waals surface area contributed by atoms with E-state index >= 15 is 0 Å². The predicted molar refractivity (Wildman–Crippen MR) is 77.1 cm³/mol. The second-order valence-corrected chi connectivity index (χ2v) is 7.06. The third-order valence-corrected chi connectivity index (χ3v) is 5.35. The lowest BCUT2D eigenvalue weighted by Gasteiger charge is -2.41. The average Bonchev–Trinajstić information content (AvgIpc) is 2.60. The fourth-order valence-electron chi connectivity index (χ4n) is 3.94. The van der Waals surface area contributed by atoms with Crippen molar-refractivity contribution < 1.29 is 9.59 Å². The molecule has 2 aliphatic carbocycles. The van der Waals surface area contributed by atoms with Gasteiger partial charge in [-0.2, -0.15) is 0 Å². The standard InChI is InChI=1S/C16H26N2O2/c1-16(9-6-10-16)17-13-11-14(19)18(15(13)20)12-7-4-2-3-5-8-12/h12-13,17H,2-11H2,1H3. The summed E-state index contributed by atoms with van der Waals surface area (Å²) in [5, 5.41) is 3.44. The van der Waals surface area contributed by atoms with Gasteiger partial charge in [-0.1, -0.05) is 25.7 Å². The SMILES string of the molecule is CC1(NC2CC(=O)N(C3CCCCCC3)C2=O)CCC1. The predicted octanol–water partition coefficient (Wildman–Crippen LogP) is 2.37. The Morgan fingerprint density at radius 3 is 2.25 bits per heavy atom. The van der Waals surface area contributed by atoms with E-state index in [-0.39, 0.29) is 29.4 Å². The lowest BCUT2D eigenvalue weighted by molar-refractivity contribution is -0.142. The zero-order valence-corrected chi connectivity index (χ0v) is 12.5. The van der Waals surface area contributed by atoms with Crippen LogP contribution in [0.1, 0.15) is 71.1 Å². The van der Waals surface area contributed by atoms with Crippen molar-refractivity contribution in [3.63, 3.8) is 0 Å². The van der Waals surface area contributed by atoms with Crippen LogP contribution in [-0.2, 0) is 9.59 Å². The molecule has 4 heteroatoms. The van der Waals surface area contributed by atoms with Crippen LogP contribution >= 0.6 is 0 Å². The van der Waals surface area contributed by atoms with Gasteiger partial charge in [0.05, 0.1) is 12.5 Å². The van der Waals surface area contributed by atoms with Crippen LogP contribution in [0.25, 0.3) is 0 Å². The Balaban J connectivity index is 1.66. The first-order valence-corrected chi connectivity index (χ1v) is 8.23. The largest absolute Gasteiger partial charge is 0.300 e. The average molecular weight is 278 g/mol. The van der Waals surface area contributed by atoms with Crippen LogP contribution in [0.3, 0.4) is 0 Å². The van der Waals surface area contributed by atoms with Gasteiger partial charge in [0.15, 0.2) is 0 Å². The van der Waals surface area contributed by atoms with Crippen molar-refractivity contribution in [2.24, 2.45) is 0 Å². The molecule has 1 atom stereocenters.